The highest BCUT2D eigenvalue weighted by molar-refractivity contribution is 7.89. The molecule has 0 atom stereocenters. The van der Waals surface area contributed by atoms with Crippen molar-refractivity contribution in [2.24, 2.45) is 5.92 Å². The van der Waals surface area contributed by atoms with Gasteiger partial charge in [0.15, 0.2) is 0 Å². The molecule has 0 heterocycles. The third-order valence-electron chi connectivity index (χ3n) is 2.50. The van der Waals surface area contributed by atoms with Gasteiger partial charge in [-0.25, -0.2) is 13.1 Å². The second-order valence-corrected chi connectivity index (χ2v) is 6.43. The molecule has 1 aliphatic carbocycles. The molecule has 0 aromatic rings. The van der Waals surface area contributed by atoms with Gasteiger partial charge in [0.2, 0.25) is 10.0 Å². The predicted octanol–water partition coefficient (Wildman–Crippen LogP) is 1.89. The lowest BCUT2D eigenvalue weighted by Gasteiger charge is -2.23. The average molecular weight is 219 g/mol. The fraction of sp³-hybridized carbons (Fsp3) is 1.00. The van der Waals surface area contributed by atoms with E-state index in [1.807, 2.05) is 13.8 Å². The average Bonchev–Trinajstić information content (AvgIpc) is 2.02. The van der Waals surface area contributed by atoms with E-state index in [2.05, 4.69) is 4.72 Å². The smallest absolute Gasteiger partial charge is 0.212 e. The van der Waals surface area contributed by atoms with Crippen LogP contribution >= 0.6 is 0 Å². The second kappa shape index (κ2) is 5.12. The maximum atomic E-state index is 11.6. The molecule has 0 aromatic carbocycles. The van der Waals surface area contributed by atoms with Crippen LogP contribution < -0.4 is 4.72 Å². The van der Waals surface area contributed by atoms with Crippen molar-refractivity contribution in [1.82, 2.24) is 4.72 Å². The molecule has 1 saturated carbocycles. The third-order valence-corrected chi connectivity index (χ3v) is 4.30. The van der Waals surface area contributed by atoms with Gasteiger partial charge in [-0.3, -0.25) is 0 Å². The van der Waals surface area contributed by atoms with Crippen LogP contribution in [0, 0.1) is 5.92 Å². The summed E-state index contributed by atoms with van der Waals surface area (Å²) in [6.45, 7) is 3.86. The molecule has 0 spiro atoms. The molecule has 0 unspecified atom stereocenters. The lowest BCUT2D eigenvalue weighted by molar-refractivity contribution is 0.411. The van der Waals surface area contributed by atoms with Crippen LogP contribution in [0.4, 0.5) is 0 Å². The molecule has 0 amide bonds. The van der Waals surface area contributed by atoms with Gasteiger partial charge in [-0.05, 0) is 18.8 Å². The fourth-order valence-electron chi connectivity index (χ4n) is 1.96. The molecule has 0 radical (unpaired) electrons. The summed E-state index contributed by atoms with van der Waals surface area (Å²) >= 11 is 0. The van der Waals surface area contributed by atoms with Crippen molar-refractivity contribution in [1.29, 1.82) is 0 Å². The summed E-state index contributed by atoms with van der Waals surface area (Å²) < 4.78 is 26.0. The largest absolute Gasteiger partial charge is 0.212 e. The van der Waals surface area contributed by atoms with Crippen molar-refractivity contribution < 1.29 is 8.42 Å². The summed E-state index contributed by atoms with van der Waals surface area (Å²) in [5.74, 6) is 0.458. The van der Waals surface area contributed by atoms with Crippen LogP contribution in [0.25, 0.3) is 0 Å². The molecule has 0 aromatic heterocycles. The number of hydrogen-bond acceptors (Lipinski definition) is 2. The first-order chi connectivity index (χ1) is 6.49. The Labute approximate surface area is 87.3 Å². The molecule has 0 saturated heterocycles. The van der Waals surface area contributed by atoms with Gasteiger partial charge in [0.05, 0.1) is 5.75 Å². The highest BCUT2D eigenvalue weighted by Crippen LogP contribution is 2.18. The predicted molar refractivity (Wildman–Crippen MR) is 58.6 cm³/mol. The van der Waals surface area contributed by atoms with Crippen LogP contribution in [-0.4, -0.2) is 20.2 Å². The summed E-state index contributed by atoms with van der Waals surface area (Å²) in [7, 11) is -3.03. The van der Waals surface area contributed by atoms with Crippen LogP contribution in [0.1, 0.15) is 46.0 Å². The quantitative estimate of drug-likeness (QED) is 0.785. The van der Waals surface area contributed by atoms with Gasteiger partial charge in [0.25, 0.3) is 0 Å². The van der Waals surface area contributed by atoms with Gasteiger partial charge in [0.1, 0.15) is 0 Å². The maximum absolute atomic E-state index is 11.6. The van der Waals surface area contributed by atoms with Crippen LogP contribution in [0.3, 0.4) is 0 Å². The van der Waals surface area contributed by atoms with E-state index in [0.29, 0.717) is 0 Å². The highest BCUT2D eigenvalue weighted by Gasteiger charge is 2.20. The molecule has 1 rings (SSSR count). The molecule has 4 heteroatoms. The first-order valence-corrected chi connectivity index (χ1v) is 7.15. The van der Waals surface area contributed by atoms with Crippen LogP contribution in [0.15, 0.2) is 0 Å². The van der Waals surface area contributed by atoms with Gasteiger partial charge in [-0.2, -0.15) is 0 Å². The Kier molecular flexibility index (Phi) is 4.38. The molecular weight excluding hydrogens is 198 g/mol. The fourth-order valence-corrected chi connectivity index (χ4v) is 3.68. The van der Waals surface area contributed by atoms with Gasteiger partial charge in [-0.15, -0.1) is 0 Å². The first-order valence-electron chi connectivity index (χ1n) is 5.49. The van der Waals surface area contributed by atoms with Crippen molar-refractivity contribution in [2.75, 3.05) is 5.75 Å². The number of hydrogen-bond donors (Lipinski definition) is 1. The second-order valence-electron chi connectivity index (χ2n) is 4.63. The summed E-state index contributed by atoms with van der Waals surface area (Å²) in [6, 6.07) is 0.201. The number of nitrogens with one attached hydrogen (secondary N) is 1. The van der Waals surface area contributed by atoms with E-state index in [9.17, 15) is 8.42 Å². The Morgan fingerprint density at radius 1 is 1.21 bits per heavy atom. The zero-order valence-electron chi connectivity index (χ0n) is 9.12. The highest BCUT2D eigenvalue weighted by atomic mass is 32.2. The molecule has 0 aliphatic heterocycles. The van der Waals surface area contributed by atoms with Crippen molar-refractivity contribution in [3.63, 3.8) is 0 Å². The molecule has 1 N–H and O–H groups in total. The summed E-state index contributed by atoms with van der Waals surface area (Å²) in [4.78, 5) is 0. The molecule has 14 heavy (non-hydrogen) atoms. The van der Waals surface area contributed by atoms with Gasteiger partial charge >= 0.3 is 0 Å². The van der Waals surface area contributed by atoms with Crippen LogP contribution in [-0.2, 0) is 10.0 Å². The Morgan fingerprint density at radius 2 is 1.79 bits per heavy atom. The van der Waals surface area contributed by atoms with E-state index in [1.54, 1.807) is 0 Å². The van der Waals surface area contributed by atoms with Crippen molar-refractivity contribution in [2.45, 2.75) is 52.0 Å². The van der Waals surface area contributed by atoms with E-state index >= 15 is 0 Å². The van der Waals surface area contributed by atoms with Crippen molar-refractivity contribution in [3.05, 3.63) is 0 Å². The van der Waals surface area contributed by atoms with Crippen molar-refractivity contribution in [3.8, 4) is 0 Å². The summed E-state index contributed by atoms with van der Waals surface area (Å²) in [5.41, 5.74) is 0. The van der Waals surface area contributed by atoms with Gasteiger partial charge in [0, 0.05) is 6.04 Å². The molecule has 1 aliphatic rings. The SMILES string of the molecule is CC(C)CS(=O)(=O)NC1CCCCC1. The van der Waals surface area contributed by atoms with Crippen LogP contribution in [0.5, 0.6) is 0 Å². The standard InChI is InChI=1S/C10H21NO2S/c1-9(2)8-14(12,13)11-10-6-4-3-5-7-10/h9-11H,3-8H2,1-2H3. The van der Waals surface area contributed by atoms with E-state index in [0.717, 1.165) is 25.7 Å². The molecule has 84 valence electrons. The maximum Gasteiger partial charge on any atom is 0.212 e. The Bertz CT molecular complexity index is 253. The molecule has 3 nitrogen and oxygen atoms in total. The van der Waals surface area contributed by atoms with Crippen molar-refractivity contribution >= 4 is 10.0 Å². The molecule has 0 bridgehead atoms. The van der Waals surface area contributed by atoms with E-state index in [1.165, 1.54) is 6.42 Å². The first kappa shape index (κ1) is 12.0. The van der Waals surface area contributed by atoms with E-state index in [-0.39, 0.29) is 17.7 Å². The van der Waals surface area contributed by atoms with Crippen LogP contribution in [0.2, 0.25) is 0 Å². The Morgan fingerprint density at radius 3 is 2.29 bits per heavy atom. The zero-order chi connectivity index (χ0) is 10.6. The number of sulfonamides is 1. The van der Waals surface area contributed by atoms with Gasteiger partial charge in [-0.1, -0.05) is 33.1 Å². The summed E-state index contributed by atoms with van der Waals surface area (Å²) in [5, 5.41) is 0. The summed E-state index contributed by atoms with van der Waals surface area (Å²) in [6.07, 6.45) is 5.60. The normalized spacial score (nSPS) is 20.2. The monoisotopic (exact) mass is 219 g/mol. The third kappa shape index (κ3) is 4.42. The van der Waals surface area contributed by atoms with E-state index < -0.39 is 10.0 Å². The number of rotatable bonds is 4. The topological polar surface area (TPSA) is 46.2 Å². The van der Waals surface area contributed by atoms with Gasteiger partial charge < -0.3 is 0 Å². The Hall–Kier alpha value is -0.0900. The lowest BCUT2D eigenvalue weighted by atomic mass is 9.96. The van der Waals surface area contributed by atoms with E-state index in [4.69, 9.17) is 0 Å². The minimum atomic E-state index is -3.03. The Balaban J connectivity index is 2.41. The zero-order valence-corrected chi connectivity index (χ0v) is 9.94. The molecule has 1 fully saturated rings. The lowest BCUT2D eigenvalue weighted by Crippen LogP contribution is -2.38. The minimum absolute atomic E-state index is 0.201. The minimum Gasteiger partial charge on any atom is -0.212 e. The molecular formula is C10H21NO2S.